The second-order valence-corrected chi connectivity index (χ2v) is 5.25. The highest BCUT2D eigenvalue weighted by Crippen LogP contribution is 2.15. The molecule has 0 saturated heterocycles. The summed E-state index contributed by atoms with van der Waals surface area (Å²) < 4.78 is 1.55. The Labute approximate surface area is 123 Å². The van der Waals surface area contributed by atoms with E-state index in [4.69, 9.17) is 0 Å². The van der Waals surface area contributed by atoms with Gasteiger partial charge in [0.1, 0.15) is 5.52 Å². The molecule has 0 aliphatic rings. The minimum Gasteiger partial charge on any atom is -0.348 e. The number of aromatic amines is 1. The average molecular weight is 332 g/mol. The van der Waals surface area contributed by atoms with E-state index in [0.29, 0.717) is 28.1 Å². The molecule has 2 N–H and O–H groups in total. The summed E-state index contributed by atoms with van der Waals surface area (Å²) in [6.07, 6.45) is 0. The summed E-state index contributed by atoms with van der Waals surface area (Å²) in [7, 11) is 0. The molecule has 5 nitrogen and oxygen atoms in total. The number of benzene rings is 2. The maximum Gasteiger partial charge on any atom is 0.319 e. The van der Waals surface area contributed by atoms with Crippen molar-refractivity contribution in [3.05, 3.63) is 63.5 Å². The fraction of sp³-hybridized carbons (Fsp3) is 0.0714. The molecular formula is C14H12BrN4O+. The summed E-state index contributed by atoms with van der Waals surface area (Å²) in [5, 5.41) is 5.78. The maximum atomic E-state index is 11.9. The van der Waals surface area contributed by atoms with Crippen LogP contribution in [0.15, 0.2) is 53.0 Å². The topological polar surface area (TPSA) is 63.7 Å². The molecule has 0 spiro atoms. The zero-order chi connectivity index (χ0) is 13.9. The normalized spacial score (nSPS) is 10.7. The van der Waals surface area contributed by atoms with E-state index in [9.17, 15) is 4.91 Å². The molecule has 3 aromatic rings. The van der Waals surface area contributed by atoms with Gasteiger partial charge in [0.15, 0.2) is 4.54 Å². The standard InChI is InChI=1S/C14H12BrN4O/c15-11-6-7-12-13(8-11)19(20)18-14(17-12)16-9-10-4-2-1-3-5-10/h1-8H,9H2,(H2,16,17,18,20)/q+1. The van der Waals surface area contributed by atoms with Crippen molar-refractivity contribution in [2.45, 2.75) is 6.54 Å². The first kappa shape index (κ1) is 12.8. The van der Waals surface area contributed by atoms with Crippen LogP contribution in [0.25, 0.3) is 11.0 Å². The van der Waals surface area contributed by atoms with E-state index in [2.05, 4.69) is 31.3 Å². The first-order valence-electron chi connectivity index (χ1n) is 6.12. The summed E-state index contributed by atoms with van der Waals surface area (Å²) >= 11 is 3.34. The van der Waals surface area contributed by atoms with Crippen LogP contribution in [0.4, 0.5) is 5.95 Å². The molecule has 0 bridgehead atoms. The lowest BCUT2D eigenvalue weighted by Gasteiger charge is -2.03. The first-order chi connectivity index (χ1) is 9.72. The number of rotatable bonds is 3. The number of nitrogens with zero attached hydrogens (tertiary/aromatic N) is 2. The SMILES string of the molecule is O=[n+]1[nH]c(NCc2ccccc2)nc2ccc(Br)cc21. The summed E-state index contributed by atoms with van der Waals surface area (Å²) in [6, 6.07) is 15.3. The molecule has 0 amide bonds. The van der Waals surface area contributed by atoms with Gasteiger partial charge in [-0.05, 0) is 17.7 Å². The zero-order valence-corrected chi connectivity index (χ0v) is 12.1. The summed E-state index contributed by atoms with van der Waals surface area (Å²) in [5.41, 5.74) is 2.25. The number of hydrogen-bond acceptors (Lipinski definition) is 3. The summed E-state index contributed by atoms with van der Waals surface area (Å²) in [5.74, 6) is 0.443. The van der Waals surface area contributed by atoms with Gasteiger partial charge in [0.25, 0.3) is 5.95 Å². The minimum atomic E-state index is 0.443. The van der Waals surface area contributed by atoms with Gasteiger partial charge in [0.2, 0.25) is 0 Å². The van der Waals surface area contributed by atoms with Gasteiger partial charge in [-0.3, -0.25) is 0 Å². The van der Waals surface area contributed by atoms with Crippen molar-refractivity contribution in [3.63, 3.8) is 0 Å². The largest absolute Gasteiger partial charge is 0.348 e. The Bertz CT molecular complexity index is 801. The molecule has 0 radical (unpaired) electrons. The predicted molar refractivity (Wildman–Crippen MR) is 80.9 cm³/mol. The molecule has 0 aliphatic carbocycles. The maximum absolute atomic E-state index is 11.9. The molecule has 1 aromatic heterocycles. The monoisotopic (exact) mass is 331 g/mol. The van der Waals surface area contributed by atoms with Crippen LogP contribution in [0.3, 0.4) is 0 Å². The zero-order valence-electron chi connectivity index (χ0n) is 10.5. The van der Waals surface area contributed by atoms with Crippen LogP contribution in [0, 0.1) is 4.91 Å². The van der Waals surface area contributed by atoms with Gasteiger partial charge in [0, 0.05) is 17.1 Å². The number of aromatic nitrogens is 3. The van der Waals surface area contributed by atoms with E-state index >= 15 is 0 Å². The van der Waals surface area contributed by atoms with Gasteiger partial charge in [-0.1, -0.05) is 51.4 Å². The molecule has 0 unspecified atom stereocenters. The Balaban J connectivity index is 1.89. The Kier molecular flexibility index (Phi) is 3.47. The number of halogens is 1. The van der Waals surface area contributed by atoms with Crippen LogP contribution in [0.1, 0.15) is 5.56 Å². The highest BCUT2D eigenvalue weighted by molar-refractivity contribution is 9.10. The molecule has 20 heavy (non-hydrogen) atoms. The Morgan fingerprint density at radius 2 is 2.00 bits per heavy atom. The average Bonchev–Trinajstić information content (AvgIpc) is 2.47. The number of fused-ring (bicyclic) bond motifs is 1. The van der Waals surface area contributed by atoms with E-state index in [1.807, 2.05) is 36.4 Å². The highest BCUT2D eigenvalue weighted by atomic mass is 79.9. The quantitative estimate of drug-likeness (QED) is 0.725. The van der Waals surface area contributed by atoms with Gasteiger partial charge in [-0.25, -0.2) is 4.98 Å². The molecule has 2 aromatic carbocycles. The van der Waals surface area contributed by atoms with Gasteiger partial charge in [-0.15, -0.1) is 0 Å². The Hall–Kier alpha value is -2.21. The fourth-order valence-corrected chi connectivity index (χ4v) is 2.27. The van der Waals surface area contributed by atoms with E-state index in [0.717, 1.165) is 10.0 Å². The third-order valence-corrected chi connectivity index (χ3v) is 3.39. The van der Waals surface area contributed by atoms with Crippen molar-refractivity contribution in [1.29, 1.82) is 0 Å². The Morgan fingerprint density at radius 1 is 1.20 bits per heavy atom. The van der Waals surface area contributed by atoms with E-state index in [1.165, 1.54) is 0 Å². The number of H-pyrrole nitrogens is 1. The predicted octanol–water partition coefficient (Wildman–Crippen LogP) is 2.85. The van der Waals surface area contributed by atoms with Gasteiger partial charge >= 0.3 is 5.52 Å². The molecule has 100 valence electrons. The smallest absolute Gasteiger partial charge is 0.319 e. The van der Waals surface area contributed by atoms with E-state index in [-0.39, 0.29) is 0 Å². The lowest BCUT2D eigenvalue weighted by molar-refractivity contribution is -0.535. The van der Waals surface area contributed by atoms with Gasteiger partial charge in [-0.2, -0.15) is 0 Å². The molecule has 0 aliphatic heterocycles. The molecule has 0 saturated carbocycles. The number of nitrogens with one attached hydrogen (secondary N) is 2. The van der Waals surface area contributed by atoms with Crippen molar-refractivity contribution in [2.24, 2.45) is 0 Å². The van der Waals surface area contributed by atoms with Crippen LogP contribution < -0.4 is 9.86 Å². The number of hydrogen-bond donors (Lipinski definition) is 2. The van der Waals surface area contributed by atoms with E-state index < -0.39 is 0 Å². The van der Waals surface area contributed by atoms with Crippen molar-refractivity contribution in [1.82, 2.24) is 10.1 Å². The lowest BCUT2D eigenvalue weighted by atomic mass is 10.2. The highest BCUT2D eigenvalue weighted by Gasteiger charge is 2.11. The van der Waals surface area contributed by atoms with Crippen LogP contribution >= 0.6 is 15.9 Å². The fourth-order valence-electron chi connectivity index (χ4n) is 1.92. The second-order valence-electron chi connectivity index (χ2n) is 4.34. The third-order valence-electron chi connectivity index (χ3n) is 2.90. The van der Waals surface area contributed by atoms with Gasteiger partial charge < -0.3 is 5.32 Å². The number of anilines is 1. The molecule has 6 heteroatoms. The summed E-state index contributed by atoms with van der Waals surface area (Å²) in [4.78, 5) is 16.3. The van der Waals surface area contributed by atoms with Crippen molar-refractivity contribution in [2.75, 3.05) is 5.32 Å². The molecule has 3 rings (SSSR count). The molecule has 1 heterocycles. The van der Waals surface area contributed by atoms with Crippen LogP contribution in [-0.2, 0) is 6.54 Å². The van der Waals surface area contributed by atoms with Crippen LogP contribution in [-0.4, -0.2) is 10.1 Å². The molecular weight excluding hydrogens is 320 g/mol. The minimum absolute atomic E-state index is 0.443. The van der Waals surface area contributed by atoms with Crippen LogP contribution in [0.5, 0.6) is 0 Å². The van der Waals surface area contributed by atoms with E-state index in [1.54, 1.807) is 12.1 Å². The van der Waals surface area contributed by atoms with Gasteiger partial charge in [0.05, 0.1) is 4.91 Å². The molecule has 0 fully saturated rings. The van der Waals surface area contributed by atoms with Crippen molar-refractivity contribution in [3.8, 4) is 0 Å². The van der Waals surface area contributed by atoms with Crippen LogP contribution in [0.2, 0.25) is 0 Å². The van der Waals surface area contributed by atoms with Crippen molar-refractivity contribution >= 4 is 32.9 Å². The summed E-state index contributed by atoms with van der Waals surface area (Å²) in [6.45, 7) is 0.604. The second kappa shape index (κ2) is 5.42. The third kappa shape index (κ3) is 2.70. The lowest BCUT2D eigenvalue weighted by Crippen LogP contribution is -2.23. The Morgan fingerprint density at radius 3 is 2.80 bits per heavy atom. The molecule has 0 atom stereocenters. The van der Waals surface area contributed by atoms with Crippen molar-refractivity contribution < 1.29 is 4.54 Å². The first-order valence-corrected chi connectivity index (χ1v) is 6.91.